The first-order chi connectivity index (χ1) is 13.0. The molecular formula is C21H19FN2O2S. The number of amidine groups is 1. The molecule has 0 bridgehead atoms. The van der Waals surface area contributed by atoms with Gasteiger partial charge in [0, 0.05) is 12.2 Å². The fourth-order valence-electron chi connectivity index (χ4n) is 2.60. The molecule has 0 atom stereocenters. The molecule has 0 aliphatic carbocycles. The second kappa shape index (κ2) is 8.77. The van der Waals surface area contributed by atoms with Crippen molar-refractivity contribution in [3.63, 3.8) is 0 Å². The van der Waals surface area contributed by atoms with Gasteiger partial charge >= 0.3 is 0 Å². The van der Waals surface area contributed by atoms with E-state index in [-0.39, 0.29) is 17.5 Å². The smallest absolute Gasteiger partial charge is 0.283 e. The van der Waals surface area contributed by atoms with Crippen LogP contribution in [0.4, 0.5) is 10.1 Å². The summed E-state index contributed by atoms with van der Waals surface area (Å²) in [7, 11) is 0. The number of halogens is 1. The number of ketones is 1. The van der Waals surface area contributed by atoms with Crippen molar-refractivity contribution < 1.29 is 14.0 Å². The van der Waals surface area contributed by atoms with E-state index in [1.165, 1.54) is 28.8 Å². The van der Waals surface area contributed by atoms with Gasteiger partial charge in [-0.05, 0) is 49.2 Å². The third-order valence-electron chi connectivity index (χ3n) is 3.92. The van der Waals surface area contributed by atoms with Gasteiger partial charge in [0.05, 0.1) is 5.69 Å². The van der Waals surface area contributed by atoms with Gasteiger partial charge in [0.25, 0.3) is 5.91 Å². The second-order valence-corrected chi connectivity index (χ2v) is 7.17. The van der Waals surface area contributed by atoms with E-state index in [0.717, 1.165) is 5.56 Å². The molecule has 0 unspecified atom stereocenters. The predicted octanol–water partition coefficient (Wildman–Crippen LogP) is 4.67. The molecule has 1 amide bonds. The van der Waals surface area contributed by atoms with E-state index in [4.69, 9.17) is 0 Å². The minimum absolute atomic E-state index is 0.139. The highest BCUT2D eigenvalue weighted by Gasteiger charge is 2.31. The number of carbonyl (C=O) groups excluding carboxylic acids is 2. The van der Waals surface area contributed by atoms with Crippen LogP contribution in [0.3, 0.4) is 0 Å². The van der Waals surface area contributed by atoms with Crippen LogP contribution in [0.2, 0.25) is 0 Å². The van der Waals surface area contributed by atoms with Crippen molar-refractivity contribution in [2.75, 3.05) is 10.7 Å². The van der Waals surface area contributed by atoms with Gasteiger partial charge in [-0.3, -0.25) is 9.69 Å². The van der Waals surface area contributed by atoms with Gasteiger partial charge in [-0.1, -0.05) is 42.1 Å². The third-order valence-corrected chi connectivity index (χ3v) is 4.95. The molecule has 0 saturated heterocycles. The van der Waals surface area contributed by atoms with Gasteiger partial charge in [-0.15, -0.1) is 0 Å². The van der Waals surface area contributed by atoms with Crippen molar-refractivity contribution in [2.24, 2.45) is 4.99 Å². The highest BCUT2D eigenvalue weighted by atomic mass is 32.2. The number of amides is 1. The van der Waals surface area contributed by atoms with Crippen LogP contribution in [0.15, 0.2) is 65.3 Å². The molecule has 138 valence electrons. The Morgan fingerprint density at radius 1 is 1.15 bits per heavy atom. The highest BCUT2D eigenvalue weighted by Crippen LogP contribution is 2.30. The topological polar surface area (TPSA) is 49.7 Å². The lowest BCUT2D eigenvalue weighted by molar-refractivity contribution is -0.117. The molecule has 1 aliphatic rings. The van der Waals surface area contributed by atoms with Crippen LogP contribution in [-0.4, -0.2) is 22.6 Å². The summed E-state index contributed by atoms with van der Waals surface area (Å²) >= 11 is 1.42. The van der Waals surface area contributed by atoms with E-state index in [0.29, 0.717) is 35.1 Å². The SMILES string of the molecule is CC(=O)CCCSC1=NC(=Cc2ccccc2)C(=O)N1c1ccc(F)cc1. The first-order valence-corrected chi connectivity index (χ1v) is 9.61. The zero-order chi connectivity index (χ0) is 19.2. The maximum absolute atomic E-state index is 13.3. The number of Topliss-reactive ketones (excluding diaryl/α,β-unsaturated/α-hetero) is 1. The summed E-state index contributed by atoms with van der Waals surface area (Å²) in [5.74, 6) is 0.194. The van der Waals surface area contributed by atoms with Crippen LogP contribution in [0.25, 0.3) is 6.08 Å². The number of rotatable bonds is 6. The largest absolute Gasteiger partial charge is 0.300 e. The monoisotopic (exact) mass is 382 g/mol. The fraction of sp³-hybridized carbons (Fsp3) is 0.190. The standard InChI is InChI=1S/C21H19FN2O2S/c1-15(25)6-5-13-27-21-23-19(14-16-7-3-2-4-8-16)20(26)24(21)18-11-9-17(22)10-12-18/h2-4,7-12,14H,5-6,13H2,1H3. The van der Waals surface area contributed by atoms with Gasteiger partial charge < -0.3 is 4.79 Å². The van der Waals surface area contributed by atoms with Gasteiger partial charge in [0.2, 0.25) is 0 Å². The molecule has 6 heteroatoms. The van der Waals surface area contributed by atoms with Crippen LogP contribution >= 0.6 is 11.8 Å². The molecule has 0 saturated carbocycles. The van der Waals surface area contributed by atoms with Crippen molar-refractivity contribution in [3.8, 4) is 0 Å². The van der Waals surface area contributed by atoms with E-state index >= 15 is 0 Å². The summed E-state index contributed by atoms with van der Waals surface area (Å²) in [5.41, 5.74) is 1.78. The molecule has 1 heterocycles. The quantitative estimate of drug-likeness (QED) is 0.539. The molecular weight excluding hydrogens is 363 g/mol. The first kappa shape index (κ1) is 19.0. The van der Waals surface area contributed by atoms with Crippen LogP contribution in [0, 0.1) is 5.82 Å². The molecule has 1 aliphatic heterocycles. The summed E-state index contributed by atoms with van der Waals surface area (Å²) in [6.07, 6.45) is 2.95. The molecule has 2 aromatic rings. The summed E-state index contributed by atoms with van der Waals surface area (Å²) in [4.78, 5) is 30.0. The lowest BCUT2D eigenvalue weighted by Crippen LogP contribution is -2.30. The molecule has 3 rings (SSSR count). The van der Waals surface area contributed by atoms with Gasteiger partial charge in [0.1, 0.15) is 17.3 Å². The van der Waals surface area contributed by atoms with Gasteiger partial charge in [0.15, 0.2) is 5.17 Å². The average molecular weight is 382 g/mol. The van der Waals surface area contributed by atoms with Crippen LogP contribution in [0.1, 0.15) is 25.3 Å². The number of carbonyl (C=O) groups is 2. The molecule has 27 heavy (non-hydrogen) atoms. The third kappa shape index (κ3) is 4.92. The summed E-state index contributed by atoms with van der Waals surface area (Å²) in [6, 6.07) is 15.2. The average Bonchev–Trinajstić information content (AvgIpc) is 2.96. The zero-order valence-electron chi connectivity index (χ0n) is 14.9. The fourth-order valence-corrected chi connectivity index (χ4v) is 3.55. The van der Waals surface area contributed by atoms with Crippen molar-refractivity contribution >= 4 is 40.4 Å². The minimum Gasteiger partial charge on any atom is -0.300 e. The van der Waals surface area contributed by atoms with E-state index in [9.17, 15) is 14.0 Å². The number of thioether (sulfide) groups is 1. The Labute approximate surface area is 161 Å². The minimum atomic E-state index is -0.363. The van der Waals surface area contributed by atoms with E-state index in [2.05, 4.69) is 4.99 Å². The Balaban J connectivity index is 1.86. The number of aliphatic imine (C=N–C) groups is 1. The molecule has 0 aromatic heterocycles. The van der Waals surface area contributed by atoms with Crippen molar-refractivity contribution in [1.29, 1.82) is 0 Å². The number of hydrogen-bond donors (Lipinski definition) is 0. The molecule has 0 fully saturated rings. The maximum atomic E-state index is 13.3. The predicted molar refractivity (Wildman–Crippen MR) is 108 cm³/mol. The molecule has 4 nitrogen and oxygen atoms in total. The summed E-state index contributed by atoms with van der Waals surface area (Å²) in [6.45, 7) is 1.56. The lowest BCUT2D eigenvalue weighted by Gasteiger charge is -2.17. The summed E-state index contributed by atoms with van der Waals surface area (Å²) < 4.78 is 13.3. The molecule has 0 radical (unpaired) electrons. The van der Waals surface area contributed by atoms with Crippen LogP contribution < -0.4 is 4.90 Å². The normalized spacial score (nSPS) is 15.3. The Morgan fingerprint density at radius 2 is 1.85 bits per heavy atom. The number of nitrogens with zero attached hydrogens (tertiary/aromatic N) is 2. The molecule has 2 aromatic carbocycles. The maximum Gasteiger partial charge on any atom is 0.283 e. The zero-order valence-corrected chi connectivity index (χ0v) is 15.7. The van der Waals surface area contributed by atoms with Crippen molar-refractivity contribution in [1.82, 2.24) is 0 Å². The van der Waals surface area contributed by atoms with Crippen LogP contribution in [0.5, 0.6) is 0 Å². The Morgan fingerprint density at radius 3 is 2.52 bits per heavy atom. The summed E-state index contributed by atoms with van der Waals surface area (Å²) in [5, 5.41) is 0.539. The van der Waals surface area contributed by atoms with E-state index in [1.807, 2.05) is 30.3 Å². The van der Waals surface area contributed by atoms with Gasteiger partial charge in [-0.2, -0.15) is 0 Å². The number of benzene rings is 2. The van der Waals surface area contributed by atoms with Crippen molar-refractivity contribution in [2.45, 2.75) is 19.8 Å². The lowest BCUT2D eigenvalue weighted by atomic mass is 10.2. The van der Waals surface area contributed by atoms with Crippen LogP contribution in [-0.2, 0) is 9.59 Å². The van der Waals surface area contributed by atoms with E-state index < -0.39 is 0 Å². The van der Waals surface area contributed by atoms with Crippen molar-refractivity contribution in [3.05, 3.63) is 71.7 Å². The number of anilines is 1. The van der Waals surface area contributed by atoms with E-state index in [1.54, 1.807) is 25.1 Å². The number of hydrogen-bond acceptors (Lipinski definition) is 4. The first-order valence-electron chi connectivity index (χ1n) is 8.62. The Kier molecular flexibility index (Phi) is 6.19. The second-order valence-electron chi connectivity index (χ2n) is 6.11. The molecule has 0 spiro atoms. The Hall–Kier alpha value is -2.73. The molecule has 0 N–H and O–H groups in total. The highest BCUT2D eigenvalue weighted by molar-refractivity contribution is 8.14. The Bertz CT molecular complexity index is 892. The van der Waals surface area contributed by atoms with Gasteiger partial charge in [-0.25, -0.2) is 9.38 Å².